The molecule has 1 fully saturated rings. The number of sulfonamides is 2. The molecule has 12 heteroatoms. The zero-order chi connectivity index (χ0) is 20.1. The summed E-state index contributed by atoms with van der Waals surface area (Å²) in [6.45, 7) is 1.04. The average molecular weight is 421 g/mol. The fourth-order valence-electron chi connectivity index (χ4n) is 2.46. The number of nitrogens with one attached hydrogen (secondary N) is 2. The van der Waals surface area contributed by atoms with Crippen molar-refractivity contribution in [3.8, 4) is 5.75 Å². The Bertz CT molecular complexity index is 879. The molecule has 10 nitrogen and oxygen atoms in total. The van der Waals surface area contributed by atoms with Gasteiger partial charge in [0.05, 0.1) is 26.6 Å². The van der Waals surface area contributed by atoms with Gasteiger partial charge >= 0.3 is 0 Å². The van der Waals surface area contributed by atoms with Gasteiger partial charge in [-0.25, -0.2) is 21.6 Å². The van der Waals surface area contributed by atoms with Crippen molar-refractivity contribution in [1.82, 2.24) is 9.03 Å². The highest BCUT2D eigenvalue weighted by Crippen LogP contribution is 2.30. The second-order valence-corrected chi connectivity index (χ2v) is 9.59. The van der Waals surface area contributed by atoms with Crippen LogP contribution in [0, 0.1) is 0 Å². The molecular weight excluding hydrogens is 398 g/mol. The fourth-order valence-corrected chi connectivity index (χ4v) is 4.52. The average Bonchev–Trinajstić information content (AvgIpc) is 2.61. The van der Waals surface area contributed by atoms with Crippen LogP contribution in [0.4, 0.5) is 5.69 Å². The monoisotopic (exact) mass is 421 g/mol. The number of carbonyl (C=O) groups excluding carboxylic acids is 1. The Hall–Kier alpha value is -1.73. The summed E-state index contributed by atoms with van der Waals surface area (Å²) in [5.74, 6) is -0.288. The summed E-state index contributed by atoms with van der Waals surface area (Å²) in [5.41, 5.74) is 0.270. The smallest absolute Gasteiger partial charge is 0.246 e. The Labute approximate surface area is 158 Å². The Balaban J connectivity index is 2.16. The van der Waals surface area contributed by atoms with Crippen LogP contribution in [0.15, 0.2) is 23.1 Å². The van der Waals surface area contributed by atoms with E-state index in [0.29, 0.717) is 13.2 Å². The lowest BCUT2D eigenvalue weighted by molar-refractivity contribution is -0.116. The van der Waals surface area contributed by atoms with Gasteiger partial charge in [-0.2, -0.15) is 4.31 Å². The number of morpholine rings is 1. The Morgan fingerprint density at radius 1 is 1.22 bits per heavy atom. The number of amides is 1. The van der Waals surface area contributed by atoms with E-state index in [1.807, 2.05) is 0 Å². The first kappa shape index (κ1) is 21.6. The first-order valence-corrected chi connectivity index (χ1v) is 11.5. The predicted octanol–water partition coefficient (Wildman–Crippen LogP) is -0.406. The molecule has 0 aliphatic carbocycles. The summed E-state index contributed by atoms with van der Waals surface area (Å²) >= 11 is 0. The van der Waals surface area contributed by atoms with Crippen LogP contribution >= 0.6 is 0 Å². The van der Waals surface area contributed by atoms with Crippen molar-refractivity contribution in [3.63, 3.8) is 0 Å². The highest BCUT2D eigenvalue weighted by molar-refractivity contribution is 7.89. The van der Waals surface area contributed by atoms with Crippen LogP contribution in [0.3, 0.4) is 0 Å². The van der Waals surface area contributed by atoms with Gasteiger partial charge in [-0.05, 0) is 18.2 Å². The summed E-state index contributed by atoms with van der Waals surface area (Å²) < 4.78 is 61.7. The number of hydrogen-bond acceptors (Lipinski definition) is 7. The number of nitrogens with zero attached hydrogens (tertiary/aromatic N) is 1. The van der Waals surface area contributed by atoms with Gasteiger partial charge in [0, 0.05) is 31.7 Å². The quantitative estimate of drug-likeness (QED) is 0.583. The maximum absolute atomic E-state index is 12.9. The van der Waals surface area contributed by atoms with E-state index in [9.17, 15) is 21.6 Å². The fraction of sp³-hybridized carbons (Fsp3) is 0.533. The van der Waals surface area contributed by atoms with Crippen molar-refractivity contribution < 1.29 is 31.1 Å². The van der Waals surface area contributed by atoms with Gasteiger partial charge in [0.1, 0.15) is 10.6 Å². The predicted molar refractivity (Wildman–Crippen MR) is 98.7 cm³/mol. The molecule has 1 saturated heterocycles. The lowest BCUT2D eigenvalue weighted by Crippen LogP contribution is -2.40. The molecule has 2 N–H and O–H groups in total. The van der Waals surface area contributed by atoms with Gasteiger partial charge in [-0.15, -0.1) is 0 Å². The van der Waals surface area contributed by atoms with E-state index in [4.69, 9.17) is 9.47 Å². The normalized spacial score (nSPS) is 16.1. The van der Waals surface area contributed by atoms with Crippen LogP contribution in [-0.4, -0.2) is 73.3 Å². The Morgan fingerprint density at radius 3 is 2.48 bits per heavy atom. The van der Waals surface area contributed by atoms with Crippen molar-refractivity contribution >= 4 is 31.6 Å². The first-order chi connectivity index (χ1) is 12.6. The van der Waals surface area contributed by atoms with Crippen molar-refractivity contribution in [2.24, 2.45) is 0 Å². The van der Waals surface area contributed by atoms with E-state index < -0.39 is 26.0 Å². The molecule has 1 aromatic rings. The largest absolute Gasteiger partial charge is 0.495 e. The van der Waals surface area contributed by atoms with Gasteiger partial charge in [0.15, 0.2) is 0 Å². The molecule has 0 radical (unpaired) electrons. The van der Waals surface area contributed by atoms with Gasteiger partial charge in [0.25, 0.3) is 0 Å². The Kier molecular flexibility index (Phi) is 7.17. The molecule has 0 unspecified atom stereocenters. The summed E-state index contributed by atoms with van der Waals surface area (Å²) in [4.78, 5) is 11.9. The van der Waals surface area contributed by atoms with Gasteiger partial charge in [0.2, 0.25) is 26.0 Å². The van der Waals surface area contributed by atoms with Gasteiger partial charge in [-0.3, -0.25) is 4.79 Å². The molecule has 0 spiro atoms. The third-order valence-corrected chi connectivity index (χ3v) is 6.40. The van der Waals surface area contributed by atoms with E-state index in [1.54, 1.807) is 0 Å². The van der Waals surface area contributed by atoms with Crippen molar-refractivity contribution in [2.75, 3.05) is 51.5 Å². The van der Waals surface area contributed by atoms with Crippen molar-refractivity contribution in [1.29, 1.82) is 0 Å². The summed E-state index contributed by atoms with van der Waals surface area (Å²) in [7, 11) is -5.83. The number of benzene rings is 1. The summed E-state index contributed by atoms with van der Waals surface area (Å²) in [5, 5.41) is 2.56. The molecular formula is C15H23N3O7S2. The van der Waals surface area contributed by atoms with E-state index >= 15 is 0 Å². The summed E-state index contributed by atoms with van der Waals surface area (Å²) in [6.07, 6.45) is 0.905. The lowest BCUT2D eigenvalue weighted by Gasteiger charge is -2.26. The molecule has 1 aromatic carbocycles. The van der Waals surface area contributed by atoms with Crippen LogP contribution in [-0.2, 0) is 29.6 Å². The minimum Gasteiger partial charge on any atom is -0.495 e. The summed E-state index contributed by atoms with van der Waals surface area (Å²) in [6, 6.07) is 4.29. The minimum absolute atomic E-state index is 0.0558. The molecule has 0 atom stereocenters. The highest BCUT2D eigenvalue weighted by atomic mass is 32.2. The van der Waals surface area contributed by atoms with E-state index in [-0.39, 0.29) is 42.4 Å². The maximum Gasteiger partial charge on any atom is 0.246 e. The molecule has 152 valence electrons. The van der Waals surface area contributed by atoms with Crippen LogP contribution < -0.4 is 14.8 Å². The molecule has 27 heavy (non-hydrogen) atoms. The van der Waals surface area contributed by atoms with Crippen LogP contribution in [0.1, 0.15) is 6.42 Å². The number of anilines is 1. The van der Waals surface area contributed by atoms with Gasteiger partial charge < -0.3 is 14.8 Å². The second-order valence-electron chi connectivity index (χ2n) is 5.85. The molecule has 1 aliphatic rings. The Morgan fingerprint density at radius 2 is 1.89 bits per heavy atom. The molecule has 0 saturated carbocycles. The van der Waals surface area contributed by atoms with Crippen LogP contribution in [0.25, 0.3) is 0 Å². The van der Waals surface area contributed by atoms with E-state index in [0.717, 1.165) is 6.26 Å². The lowest BCUT2D eigenvalue weighted by atomic mass is 10.3. The molecule has 1 amide bonds. The number of rotatable bonds is 8. The van der Waals surface area contributed by atoms with E-state index in [2.05, 4.69) is 10.0 Å². The molecule has 2 rings (SSSR count). The third-order valence-electron chi connectivity index (χ3n) is 3.75. The highest BCUT2D eigenvalue weighted by Gasteiger charge is 2.29. The minimum atomic E-state index is -3.81. The zero-order valence-electron chi connectivity index (χ0n) is 15.1. The molecule has 1 heterocycles. The van der Waals surface area contributed by atoms with Crippen LogP contribution in [0.5, 0.6) is 5.75 Å². The third kappa shape index (κ3) is 6.14. The van der Waals surface area contributed by atoms with Crippen molar-refractivity contribution in [3.05, 3.63) is 18.2 Å². The zero-order valence-corrected chi connectivity index (χ0v) is 16.7. The van der Waals surface area contributed by atoms with E-state index in [1.165, 1.54) is 29.6 Å². The number of hydrogen-bond donors (Lipinski definition) is 2. The molecule has 1 aliphatic heterocycles. The van der Waals surface area contributed by atoms with Crippen LogP contribution in [0.2, 0.25) is 0 Å². The maximum atomic E-state index is 12.9. The molecule has 0 aromatic heterocycles. The first-order valence-electron chi connectivity index (χ1n) is 8.14. The topological polar surface area (TPSA) is 131 Å². The standard InChI is InChI=1S/C15H23N3O7S2/c1-24-13-4-3-12(17-15(19)5-6-16-26(2,20)21)11-14(13)27(22,23)18-7-9-25-10-8-18/h3-4,11,16H,5-10H2,1-2H3,(H,17,19). The number of methoxy groups -OCH3 is 1. The molecule has 0 bridgehead atoms. The SMILES string of the molecule is COc1ccc(NC(=O)CCNS(C)(=O)=O)cc1S(=O)(=O)N1CCOCC1. The van der Waals surface area contributed by atoms with Gasteiger partial charge in [-0.1, -0.05) is 0 Å². The second kappa shape index (κ2) is 8.97. The van der Waals surface area contributed by atoms with Crippen molar-refractivity contribution in [2.45, 2.75) is 11.3 Å². The number of carbonyl (C=O) groups is 1. The number of ether oxygens (including phenoxy) is 2.